The number of nitrogen functional groups attached to an aromatic ring is 1. The zero-order valence-corrected chi connectivity index (χ0v) is 11.4. The van der Waals surface area contributed by atoms with Gasteiger partial charge in [0.2, 0.25) is 0 Å². The molecule has 0 aliphatic heterocycles. The zero-order chi connectivity index (χ0) is 13.0. The average Bonchev–Trinajstić information content (AvgIpc) is 3.02. The van der Waals surface area contributed by atoms with Crippen LogP contribution in [0, 0.1) is 11.8 Å². The Hall–Kier alpha value is -1.22. The number of para-hydroxylation sites is 2. The van der Waals surface area contributed by atoms with Crippen LogP contribution in [-0.2, 0) is 0 Å². The summed E-state index contributed by atoms with van der Waals surface area (Å²) in [5, 5.41) is 0. The highest BCUT2D eigenvalue weighted by molar-refractivity contribution is 5.51. The van der Waals surface area contributed by atoms with E-state index in [-0.39, 0.29) is 0 Å². The van der Waals surface area contributed by atoms with E-state index in [1.807, 2.05) is 24.3 Å². The molecule has 2 rings (SSSR count). The van der Waals surface area contributed by atoms with Crippen molar-refractivity contribution in [1.82, 2.24) is 4.90 Å². The van der Waals surface area contributed by atoms with E-state index in [1.54, 1.807) is 0 Å². The summed E-state index contributed by atoms with van der Waals surface area (Å²) in [7, 11) is 2.20. The maximum Gasteiger partial charge on any atom is 0.142 e. The molecule has 1 saturated carbocycles. The molecule has 18 heavy (non-hydrogen) atoms. The Kier molecular flexibility index (Phi) is 4.48. The second-order valence-electron chi connectivity index (χ2n) is 5.48. The fourth-order valence-electron chi connectivity index (χ4n) is 2.27. The molecular weight excluding hydrogens is 224 g/mol. The van der Waals surface area contributed by atoms with E-state index < -0.39 is 0 Å². The second-order valence-corrected chi connectivity index (χ2v) is 5.48. The fraction of sp³-hybridized carbons (Fsp3) is 0.600. The molecule has 3 heteroatoms. The predicted octanol–water partition coefficient (Wildman–Crippen LogP) is 2.63. The van der Waals surface area contributed by atoms with Gasteiger partial charge in [-0.3, -0.25) is 0 Å². The normalized spacial score (nSPS) is 22.2. The topological polar surface area (TPSA) is 38.5 Å². The van der Waals surface area contributed by atoms with E-state index >= 15 is 0 Å². The minimum absolute atomic E-state index is 0.720. The molecule has 0 radical (unpaired) electrons. The summed E-state index contributed by atoms with van der Waals surface area (Å²) in [5.41, 5.74) is 6.54. The smallest absolute Gasteiger partial charge is 0.142 e. The lowest BCUT2D eigenvalue weighted by Gasteiger charge is -2.16. The van der Waals surface area contributed by atoms with Gasteiger partial charge < -0.3 is 15.4 Å². The van der Waals surface area contributed by atoms with Crippen LogP contribution < -0.4 is 10.5 Å². The first-order chi connectivity index (χ1) is 8.66. The van der Waals surface area contributed by atoms with Crippen molar-refractivity contribution in [3.63, 3.8) is 0 Å². The van der Waals surface area contributed by atoms with Crippen molar-refractivity contribution < 1.29 is 4.74 Å². The number of ether oxygens (including phenoxy) is 1. The molecule has 2 N–H and O–H groups in total. The molecule has 3 nitrogen and oxygen atoms in total. The minimum Gasteiger partial charge on any atom is -0.491 e. The summed E-state index contributed by atoms with van der Waals surface area (Å²) in [4.78, 5) is 2.41. The maximum atomic E-state index is 5.82. The van der Waals surface area contributed by atoms with Crippen molar-refractivity contribution >= 4 is 5.69 Å². The highest BCUT2D eigenvalue weighted by atomic mass is 16.5. The van der Waals surface area contributed by atoms with E-state index in [2.05, 4.69) is 18.9 Å². The lowest BCUT2D eigenvalue weighted by Crippen LogP contribution is -2.24. The van der Waals surface area contributed by atoms with Gasteiger partial charge in [0.1, 0.15) is 5.75 Å². The molecule has 1 aliphatic rings. The van der Waals surface area contributed by atoms with Crippen LogP contribution in [0.1, 0.15) is 19.8 Å². The van der Waals surface area contributed by atoms with Crippen molar-refractivity contribution in [2.24, 2.45) is 11.8 Å². The van der Waals surface area contributed by atoms with E-state index in [1.165, 1.54) is 13.0 Å². The standard InChI is InChI=1S/C15H24N2O/c1-12-10-13(12)11-17(2)8-5-9-18-15-7-4-3-6-14(15)16/h3-4,6-7,12-13H,5,8-11,16H2,1-2H3. The van der Waals surface area contributed by atoms with Crippen LogP contribution >= 0.6 is 0 Å². The lowest BCUT2D eigenvalue weighted by molar-refractivity contribution is 0.256. The molecule has 2 atom stereocenters. The quantitative estimate of drug-likeness (QED) is 0.595. The third kappa shape index (κ3) is 3.91. The monoisotopic (exact) mass is 248 g/mol. The number of nitrogens with zero attached hydrogens (tertiary/aromatic N) is 1. The third-order valence-corrected chi connectivity index (χ3v) is 3.68. The Morgan fingerprint density at radius 1 is 1.39 bits per heavy atom. The number of anilines is 1. The van der Waals surface area contributed by atoms with E-state index in [4.69, 9.17) is 10.5 Å². The van der Waals surface area contributed by atoms with Gasteiger partial charge in [-0.1, -0.05) is 19.1 Å². The lowest BCUT2D eigenvalue weighted by atomic mass is 10.3. The van der Waals surface area contributed by atoms with Crippen molar-refractivity contribution in [1.29, 1.82) is 0 Å². The van der Waals surface area contributed by atoms with Gasteiger partial charge in [-0.2, -0.15) is 0 Å². The molecule has 1 aliphatic carbocycles. The number of nitrogens with two attached hydrogens (primary N) is 1. The molecule has 0 heterocycles. The Labute approximate surface area is 110 Å². The van der Waals surface area contributed by atoms with Gasteiger partial charge in [0.05, 0.1) is 12.3 Å². The van der Waals surface area contributed by atoms with Gasteiger partial charge >= 0.3 is 0 Å². The molecule has 0 amide bonds. The van der Waals surface area contributed by atoms with Gasteiger partial charge in [0.25, 0.3) is 0 Å². The molecule has 1 aromatic rings. The van der Waals surface area contributed by atoms with Crippen LogP contribution in [0.15, 0.2) is 24.3 Å². The van der Waals surface area contributed by atoms with Crippen molar-refractivity contribution in [2.45, 2.75) is 19.8 Å². The average molecular weight is 248 g/mol. The molecule has 1 fully saturated rings. The third-order valence-electron chi connectivity index (χ3n) is 3.68. The van der Waals surface area contributed by atoms with Crippen molar-refractivity contribution in [2.75, 3.05) is 32.5 Å². The molecule has 1 aromatic carbocycles. The van der Waals surface area contributed by atoms with Crippen LogP contribution in [0.3, 0.4) is 0 Å². The Morgan fingerprint density at radius 2 is 2.11 bits per heavy atom. The van der Waals surface area contributed by atoms with Crippen molar-refractivity contribution in [3.8, 4) is 5.75 Å². The summed E-state index contributed by atoms with van der Waals surface area (Å²) < 4.78 is 5.68. The van der Waals surface area contributed by atoms with Gasteiger partial charge in [0, 0.05) is 13.1 Å². The van der Waals surface area contributed by atoms with Gasteiger partial charge in [-0.25, -0.2) is 0 Å². The first kappa shape index (κ1) is 13.2. The zero-order valence-electron chi connectivity index (χ0n) is 11.4. The molecular formula is C15H24N2O. The Bertz CT molecular complexity index is 381. The first-order valence-electron chi connectivity index (χ1n) is 6.82. The summed E-state index contributed by atoms with van der Waals surface area (Å²) in [6.07, 6.45) is 2.45. The van der Waals surface area contributed by atoms with E-state index in [0.29, 0.717) is 0 Å². The fourth-order valence-corrected chi connectivity index (χ4v) is 2.27. The van der Waals surface area contributed by atoms with Crippen LogP contribution in [-0.4, -0.2) is 31.6 Å². The molecule has 2 unspecified atom stereocenters. The Morgan fingerprint density at radius 3 is 2.78 bits per heavy atom. The minimum atomic E-state index is 0.720. The van der Waals surface area contributed by atoms with Gasteiger partial charge in [0.15, 0.2) is 0 Å². The SMILES string of the molecule is CC1CC1CN(C)CCCOc1ccccc1N. The first-order valence-corrected chi connectivity index (χ1v) is 6.82. The maximum absolute atomic E-state index is 5.82. The van der Waals surface area contributed by atoms with Crippen LogP contribution in [0.4, 0.5) is 5.69 Å². The van der Waals surface area contributed by atoms with E-state index in [0.717, 1.165) is 42.8 Å². The highest BCUT2D eigenvalue weighted by Crippen LogP contribution is 2.37. The van der Waals surface area contributed by atoms with Crippen LogP contribution in [0.5, 0.6) is 5.75 Å². The van der Waals surface area contributed by atoms with Gasteiger partial charge in [-0.15, -0.1) is 0 Å². The molecule has 100 valence electrons. The van der Waals surface area contributed by atoms with Crippen molar-refractivity contribution in [3.05, 3.63) is 24.3 Å². The van der Waals surface area contributed by atoms with Gasteiger partial charge in [-0.05, 0) is 43.9 Å². The summed E-state index contributed by atoms with van der Waals surface area (Å²) in [6.45, 7) is 5.39. The highest BCUT2D eigenvalue weighted by Gasteiger charge is 2.32. The molecule has 0 spiro atoms. The number of benzene rings is 1. The predicted molar refractivity (Wildman–Crippen MR) is 75.7 cm³/mol. The number of rotatable bonds is 7. The molecule has 0 saturated heterocycles. The second kappa shape index (κ2) is 6.10. The van der Waals surface area contributed by atoms with Crippen LogP contribution in [0.2, 0.25) is 0 Å². The van der Waals surface area contributed by atoms with E-state index in [9.17, 15) is 0 Å². The number of hydrogen-bond acceptors (Lipinski definition) is 3. The summed E-state index contributed by atoms with van der Waals surface area (Å²) >= 11 is 0. The largest absolute Gasteiger partial charge is 0.491 e. The Balaban J connectivity index is 1.59. The molecule has 0 aromatic heterocycles. The summed E-state index contributed by atoms with van der Waals surface area (Å²) in [5.74, 6) is 2.67. The summed E-state index contributed by atoms with van der Waals surface area (Å²) in [6, 6.07) is 7.67. The number of hydrogen-bond donors (Lipinski definition) is 1. The molecule has 0 bridgehead atoms. The van der Waals surface area contributed by atoms with Crippen LogP contribution in [0.25, 0.3) is 0 Å².